The number of imide groups is 1. The summed E-state index contributed by atoms with van der Waals surface area (Å²) in [7, 11) is 0. The Morgan fingerprint density at radius 3 is 2.40 bits per heavy atom. The van der Waals surface area contributed by atoms with E-state index in [2.05, 4.69) is 18.9 Å². The van der Waals surface area contributed by atoms with Gasteiger partial charge in [0.2, 0.25) is 5.91 Å². The molecule has 0 rings (SSSR count). The molecule has 3 heteroatoms. The van der Waals surface area contributed by atoms with Crippen LogP contribution >= 0.6 is 0 Å². The maximum Gasteiger partial charge on any atom is 0.258 e. The number of carbonyl (C=O) groups excluding carboxylic acids is 2. The van der Waals surface area contributed by atoms with E-state index < -0.39 is 11.8 Å². The number of amides is 2. The summed E-state index contributed by atoms with van der Waals surface area (Å²) in [6.45, 7) is 6.31. The van der Waals surface area contributed by atoms with Crippen LogP contribution in [0.3, 0.4) is 0 Å². The Morgan fingerprint density at radius 2 is 2.00 bits per heavy atom. The van der Waals surface area contributed by atoms with Crippen molar-refractivity contribution in [2.24, 2.45) is 0 Å². The van der Waals surface area contributed by atoms with Crippen molar-refractivity contribution < 1.29 is 9.59 Å². The lowest BCUT2D eigenvalue weighted by molar-refractivity contribution is -0.125. The minimum Gasteiger partial charge on any atom is -0.289 e. The molecular formula is C7H7NO2. The van der Waals surface area contributed by atoms with Gasteiger partial charge in [0.25, 0.3) is 5.91 Å². The molecule has 1 N–H and O–H groups in total. The first-order chi connectivity index (χ1) is 4.70. The third kappa shape index (κ3) is 3.41. The highest BCUT2D eigenvalue weighted by molar-refractivity contribution is 6.04. The fourth-order valence-corrected chi connectivity index (χ4v) is 0.301. The van der Waals surface area contributed by atoms with Crippen LogP contribution < -0.4 is 5.32 Å². The number of hydrogen-bond acceptors (Lipinski definition) is 2. The van der Waals surface area contributed by atoms with Crippen molar-refractivity contribution in [1.29, 1.82) is 0 Å². The van der Waals surface area contributed by atoms with Gasteiger partial charge < -0.3 is 0 Å². The summed E-state index contributed by atoms with van der Waals surface area (Å²) in [5.74, 6) is -1.07. The average molecular weight is 137 g/mol. The molecule has 0 fully saturated rings. The minimum absolute atomic E-state index is 0.531. The van der Waals surface area contributed by atoms with Gasteiger partial charge in [0, 0.05) is 6.08 Å². The molecule has 0 heterocycles. The summed E-state index contributed by atoms with van der Waals surface area (Å²) in [6.07, 6.45) is 2.04. The van der Waals surface area contributed by atoms with Gasteiger partial charge in [-0.05, 0) is 6.08 Å². The van der Waals surface area contributed by atoms with Crippen LogP contribution in [0.2, 0.25) is 0 Å². The van der Waals surface area contributed by atoms with Crippen molar-refractivity contribution in [3.63, 3.8) is 0 Å². The molecule has 52 valence electrons. The van der Waals surface area contributed by atoms with E-state index in [9.17, 15) is 9.59 Å². The quantitative estimate of drug-likeness (QED) is 0.435. The Kier molecular flexibility index (Phi) is 3.61. The van der Waals surface area contributed by atoms with Gasteiger partial charge >= 0.3 is 0 Å². The predicted octanol–water partition coefficient (Wildman–Crippen LogP) is 0.156. The summed E-state index contributed by atoms with van der Waals surface area (Å²) in [5, 5.41) is 1.98. The molecule has 0 unspecified atom stereocenters. The van der Waals surface area contributed by atoms with Crippen LogP contribution in [0.15, 0.2) is 31.0 Å². The lowest BCUT2D eigenvalue weighted by atomic mass is 10.5. The standard InChI is InChI=1S/C7H7NO2/c1-3-5-7(10)8-6(9)4-2/h4-5H,1-2H2,(H,8,9,10). The summed E-state index contributed by atoms with van der Waals surface area (Å²) < 4.78 is 0. The fraction of sp³-hybridized carbons (Fsp3) is 0. The average Bonchev–Trinajstić information content (AvgIpc) is 1.88. The van der Waals surface area contributed by atoms with Crippen molar-refractivity contribution >= 4 is 11.8 Å². The third-order valence-corrected chi connectivity index (χ3v) is 0.665. The van der Waals surface area contributed by atoms with Gasteiger partial charge in [0.1, 0.15) is 0 Å². The fourth-order valence-electron chi connectivity index (χ4n) is 0.301. The number of carbonyl (C=O) groups is 2. The lowest BCUT2D eigenvalue weighted by Crippen LogP contribution is -2.26. The van der Waals surface area contributed by atoms with E-state index >= 15 is 0 Å². The van der Waals surface area contributed by atoms with Crippen LogP contribution in [0, 0.1) is 0 Å². The largest absolute Gasteiger partial charge is 0.289 e. The lowest BCUT2D eigenvalue weighted by Gasteiger charge is -1.90. The van der Waals surface area contributed by atoms with Gasteiger partial charge in [0.15, 0.2) is 0 Å². The summed E-state index contributed by atoms with van der Waals surface area (Å²) >= 11 is 0. The Labute approximate surface area is 58.7 Å². The highest BCUT2D eigenvalue weighted by atomic mass is 16.2. The molecule has 0 aromatic rings. The number of rotatable bonds is 2. The third-order valence-electron chi connectivity index (χ3n) is 0.665. The highest BCUT2D eigenvalue weighted by Crippen LogP contribution is 1.69. The van der Waals surface area contributed by atoms with Crippen LogP contribution in [-0.2, 0) is 9.59 Å². The first-order valence-electron chi connectivity index (χ1n) is 2.54. The van der Waals surface area contributed by atoms with Gasteiger partial charge in [-0.3, -0.25) is 14.9 Å². The van der Waals surface area contributed by atoms with E-state index in [0.29, 0.717) is 0 Å². The Morgan fingerprint density at radius 1 is 1.40 bits per heavy atom. The summed E-state index contributed by atoms with van der Waals surface area (Å²) in [4.78, 5) is 20.9. The Hall–Kier alpha value is -1.60. The molecule has 0 aliphatic heterocycles. The van der Waals surface area contributed by atoms with Crippen molar-refractivity contribution in [2.45, 2.75) is 0 Å². The second-order valence-corrected chi connectivity index (χ2v) is 1.41. The molecule has 2 amide bonds. The van der Waals surface area contributed by atoms with E-state index in [1.54, 1.807) is 0 Å². The second kappa shape index (κ2) is 4.30. The molecule has 0 saturated heterocycles. The van der Waals surface area contributed by atoms with Gasteiger partial charge in [-0.25, -0.2) is 0 Å². The molecular weight excluding hydrogens is 130 g/mol. The zero-order valence-corrected chi connectivity index (χ0v) is 5.39. The molecule has 10 heavy (non-hydrogen) atoms. The second-order valence-electron chi connectivity index (χ2n) is 1.41. The molecule has 0 spiro atoms. The van der Waals surface area contributed by atoms with Gasteiger partial charge in [-0.2, -0.15) is 0 Å². The molecule has 0 atom stereocenters. The van der Waals surface area contributed by atoms with Crippen molar-refractivity contribution in [3.05, 3.63) is 31.0 Å². The van der Waals surface area contributed by atoms with Crippen LogP contribution in [0.1, 0.15) is 0 Å². The molecule has 0 aromatic heterocycles. The molecule has 0 bridgehead atoms. The highest BCUT2D eigenvalue weighted by Gasteiger charge is 1.97. The van der Waals surface area contributed by atoms with E-state index in [0.717, 1.165) is 12.2 Å². The van der Waals surface area contributed by atoms with E-state index in [1.807, 2.05) is 5.32 Å². The molecule has 0 saturated carbocycles. The van der Waals surface area contributed by atoms with Gasteiger partial charge in [0.05, 0.1) is 0 Å². The number of hydrogen-bond donors (Lipinski definition) is 1. The molecule has 0 radical (unpaired) electrons. The topological polar surface area (TPSA) is 46.2 Å². The first kappa shape index (κ1) is 8.40. The number of nitrogens with one attached hydrogen (secondary N) is 1. The van der Waals surface area contributed by atoms with Crippen molar-refractivity contribution in [3.8, 4) is 0 Å². The predicted molar refractivity (Wildman–Crippen MR) is 37.1 cm³/mol. The zero-order chi connectivity index (χ0) is 7.98. The maximum atomic E-state index is 10.5. The van der Waals surface area contributed by atoms with Gasteiger partial charge in [-0.15, -0.1) is 5.73 Å². The summed E-state index contributed by atoms with van der Waals surface area (Å²) in [5.41, 5.74) is 2.22. The molecule has 3 nitrogen and oxygen atoms in total. The molecule has 0 aliphatic rings. The monoisotopic (exact) mass is 137 g/mol. The summed E-state index contributed by atoms with van der Waals surface area (Å²) in [6, 6.07) is 0. The Balaban J connectivity index is 3.91. The van der Waals surface area contributed by atoms with Crippen LogP contribution in [0.5, 0.6) is 0 Å². The molecule has 0 aromatic carbocycles. The molecule has 0 aliphatic carbocycles. The van der Waals surface area contributed by atoms with Crippen molar-refractivity contribution in [1.82, 2.24) is 5.32 Å². The van der Waals surface area contributed by atoms with E-state index in [4.69, 9.17) is 0 Å². The van der Waals surface area contributed by atoms with Crippen LogP contribution in [0.4, 0.5) is 0 Å². The van der Waals surface area contributed by atoms with Crippen LogP contribution in [-0.4, -0.2) is 11.8 Å². The zero-order valence-electron chi connectivity index (χ0n) is 5.39. The normalized spacial score (nSPS) is 7.20. The smallest absolute Gasteiger partial charge is 0.258 e. The first-order valence-corrected chi connectivity index (χ1v) is 2.54. The van der Waals surface area contributed by atoms with Crippen LogP contribution in [0.25, 0.3) is 0 Å². The van der Waals surface area contributed by atoms with E-state index in [1.165, 1.54) is 0 Å². The minimum atomic E-state index is -0.542. The van der Waals surface area contributed by atoms with Gasteiger partial charge in [-0.1, -0.05) is 13.2 Å². The van der Waals surface area contributed by atoms with E-state index in [-0.39, 0.29) is 0 Å². The Bertz CT molecular complexity index is 212. The maximum absolute atomic E-state index is 10.5. The van der Waals surface area contributed by atoms with Crippen molar-refractivity contribution in [2.75, 3.05) is 0 Å². The SMILES string of the molecule is C=C=CC(=O)NC(=O)C=C.